The summed E-state index contributed by atoms with van der Waals surface area (Å²) in [5.74, 6) is 0.579. The van der Waals surface area contributed by atoms with Crippen LogP contribution in [0.1, 0.15) is 28.5 Å². The molecule has 2 aromatic heterocycles. The fourth-order valence-corrected chi connectivity index (χ4v) is 3.03. The van der Waals surface area contributed by atoms with Crippen molar-refractivity contribution in [3.63, 3.8) is 0 Å². The Bertz CT molecular complexity index is 937. The van der Waals surface area contributed by atoms with Crippen molar-refractivity contribution >= 4 is 5.91 Å². The molecule has 3 aromatic rings. The van der Waals surface area contributed by atoms with Crippen molar-refractivity contribution in [3.8, 4) is 17.0 Å². The van der Waals surface area contributed by atoms with E-state index in [1.54, 1.807) is 24.4 Å². The molecule has 0 N–H and O–H groups in total. The normalized spacial score (nSPS) is 11.7. The number of hydrogen-bond donors (Lipinski definition) is 0. The molecule has 0 spiro atoms. The monoisotopic (exact) mass is 375 g/mol. The van der Waals surface area contributed by atoms with Crippen LogP contribution in [0.4, 0.5) is 0 Å². The molecule has 1 amide bonds. The Labute approximate surface area is 166 Å². The Morgan fingerprint density at radius 1 is 1.07 bits per heavy atom. The lowest BCUT2D eigenvalue weighted by atomic mass is 10.0. The molecule has 0 fully saturated rings. The number of amides is 1. The maximum Gasteiger partial charge on any atom is 0.253 e. The highest BCUT2D eigenvalue weighted by molar-refractivity contribution is 5.94. The lowest BCUT2D eigenvalue weighted by Gasteiger charge is -2.25. The number of carbonyl (C=O) groups is 1. The average molecular weight is 375 g/mol. The number of nitrogens with zero attached hydrogens (tertiary/aromatic N) is 3. The summed E-state index contributed by atoms with van der Waals surface area (Å²) in [5.41, 5.74) is 4.82. The Hall–Kier alpha value is -3.21. The van der Waals surface area contributed by atoms with Gasteiger partial charge in [-0.05, 0) is 49.2 Å². The van der Waals surface area contributed by atoms with E-state index >= 15 is 0 Å². The van der Waals surface area contributed by atoms with E-state index in [1.807, 2.05) is 69.4 Å². The second-order valence-corrected chi connectivity index (χ2v) is 6.90. The van der Waals surface area contributed by atoms with Crippen LogP contribution < -0.4 is 4.74 Å². The molecule has 5 heteroatoms. The van der Waals surface area contributed by atoms with Gasteiger partial charge in [0.05, 0.1) is 7.11 Å². The molecule has 0 aliphatic rings. The van der Waals surface area contributed by atoms with Crippen LogP contribution in [0.15, 0.2) is 60.9 Å². The third-order valence-electron chi connectivity index (χ3n) is 5.00. The summed E-state index contributed by atoms with van der Waals surface area (Å²) in [6.07, 6.45) is 4.28. The predicted octanol–water partition coefficient (Wildman–Crippen LogP) is 4.16. The first-order valence-electron chi connectivity index (χ1n) is 9.27. The first-order chi connectivity index (χ1) is 13.5. The predicted molar refractivity (Wildman–Crippen MR) is 110 cm³/mol. The lowest BCUT2D eigenvalue weighted by molar-refractivity contribution is 0.0743. The van der Waals surface area contributed by atoms with Gasteiger partial charge in [0.2, 0.25) is 5.88 Å². The highest BCUT2D eigenvalue weighted by Crippen LogP contribution is 2.21. The Kier molecular flexibility index (Phi) is 6.04. The van der Waals surface area contributed by atoms with Crippen molar-refractivity contribution in [2.24, 2.45) is 0 Å². The molecule has 5 nitrogen and oxygen atoms in total. The molecule has 0 aliphatic carbocycles. The largest absolute Gasteiger partial charge is 0.481 e. The van der Waals surface area contributed by atoms with E-state index in [4.69, 9.17) is 4.74 Å². The van der Waals surface area contributed by atoms with E-state index < -0.39 is 0 Å². The minimum atomic E-state index is 0.000454. The molecule has 0 radical (unpaired) electrons. The molecule has 1 atom stereocenters. The maximum atomic E-state index is 12.9. The molecule has 0 saturated heterocycles. The zero-order valence-corrected chi connectivity index (χ0v) is 16.7. The SMILES string of the molecule is COc1ccc(-c2ccc(C(=O)N(C)[C@@H](C)Cc3ncccc3C)cc2)cn1. The van der Waals surface area contributed by atoms with Gasteiger partial charge >= 0.3 is 0 Å². The van der Waals surface area contributed by atoms with Crippen LogP contribution in [-0.4, -0.2) is 41.0 Å². The zero-order valence-electron chi connectivity index (χ0n) is 16.7. The first-order valence-corrected chi connectivity index (χ1v) is 9.27. The van der Waals surface area contributed by atoms with Gasteiger partial charge in [0.1, 0.15) is 0 Å². The highest BCUT2D eigenvalue weighted by Gasteiger charge is 2.19. The van der Waals surface area contributed by atoms with Gasteiger partial charge < -0.3 is 9.64 Å². The van der Waals surface area contributed by atoms with E-state index in [1.165, 1.54) is 0 Å². The van der Waals surface area contributed by atoms with Crippen molar-refractivity contribution in [1.82, 2.24) is 14.9 Å². The van der Waals surface area contributed by atoms with E-state index in [0.717, 1.165) is 28.8 Å². The Balaban J connectivity index is 1.70. The van der Waals surface area contributed by atoms with Crippen LogP contribution >= 0.6 is 0 Å². The number of ether oxygens (including phenoxy) is 1. The van der Waals surface area contributed by atoms with Crippen LogP contribution in [0.25, 0.3) is 11.1 Å². The molecule has 0 saturated carbocycles. The molecule has 0 unspecified atom stereocenters. The minimum Gasteiger partial charge on any atom is -0.481 e. The summed E-state index contributed by atoms with van der Waals surface area (Å²) in [6, 6.07) is 15.4. The van der Waals surface area contributed by atoms with Gasteiger partial charge in [-0.2, -0.15) is 0 Å². The van der Waals surface area contributed by atoms with E-state index in [-0.39, 0.29) is 11.9 Å². The third kappa shape index (κ3) is 4.36. The van der Waals surface area contributed by atoms with Gasteiger partial charge in [-0.1, -0.05) is 18.2 Å². The van der Waals surface area contributed by atoms with Gasteiger partial charge in [-0.15, -0.1) is 0 Å². The summed E-state index contributed by atoms with van der Waals surface area (Å²) < 4.78 is 5.09. The summed E-state index contributed by atoms with van der Waals surface area (Å²) in [5, 5.41) is 0. The molecule has 144 valence electrons. The quantitative estimate of drug-likeness (QED) is 0.649. The molecular weight excluding hydrogens is 350 g/mol. The summed E-state index contributed by atoms with van der Waals surface area (Å²) in [4.78, 5) is 23.3. The summed E-state index contributed by atoms with van der Waals surface area (Å²) in [7, 11) is 3.43. The standard InChI is InChI=1S/C23H25N3O2/c1-16-6-5-13-24-21(16)14-17(2)26(3)23(27)19-9-7-18(8-10-19)20-11-12-22(28-4)25-15-20/h5-13,15,17H,14H2,1-4H3/t17-/m0/s1. The molecule has 1 aromatic carbocycles. The maximum absolute atomic E-state index is 12.9. The number of benzene rings is 1. The van der Waals surface area contributed by atoms with Crippen LogP contribution in [-0.2, 0) is 6.42 Å². The number of pyridine rings is 2. The molecule has 0 aliphatic heterocycles. The van der Waals surface area contributed by atoms with Gasteiger partial charge in [-0.3, -0.25) is 9.78 Å². The molecule has 0 bridgehead atoms. The topological polar surface area (TPSA) is 55.3 Å². The van der Waals surface area contributed by atoms with Crippen LogP contribution in [0.5, 0.6) is 5.88 Å². The van der Waals surface area contributed by atoms with Gasteiger partial charge in [0, 0.05) is 54.8 Å². The fourth-order valence-electron chi connectivity index (χ4n) is 3.03. The van der Waals surface area contributed by atoms with Gasteiger partial charge in [0.25, 0.3) is 5.91 Å². The van der Waals surface area contributed by atoms with Crippen LogP contribution in [0, 0.1) is 6.92 Å². The van der Waals surface area contributed by atoms with Crippen molar-refractivity contribution in [2.75, 3.05) is 14.2 Å². The third-order valence-corrected chi connectivity index (χ3v) is 5.00. The number of likely N-dealkylation sites (N-methyl/N-ethyl adjacent to an activating group) is 1. The van der Waals surface area contributed by atoms with Gasteiger partial charge in [0.15, 0.2) is 0 Å². The molecular formula is C23H25N3O2. The number of carbonyl (C=O) groups excluding carboxylic acids is 1. The summed E-state index contributed by atoms with van der Waals surface area (Å²) >= 11 is 0. The minimum absolute atomic E-state index is 0.000454. The van der Waals surface area contributed by atoms with Crippen LogP contribution in [0.2, 0.25) is 0 Å². The second-order valence-electron chi connectivity index (χ2n) is 6.90. The van der Waals surface area contributed by atoms with Crippen molar-refractivity contribution < 1.29 is 9.53 Å². The number of aromatic nitrogens is 2. The zero-order chi connectivity index (χ0) is 20.1. The molecule has 2 heterocycles. The fraction of sp³-hybridized carbons (Fsp3) is 0.261. The number of hydrogen-bond acceptors (Lipinski definition) is 4. The van der Waals surface area contributed by atoms with Crippen molar-refractivity contribution in [1.29, 1.82) is 0 Å². The lowest BCUT2D eigenvalue weighted by Crippen LogP contribution is -2.36. The second kappa shape index (κ2) is 8.65. The highest BCUT2D eigenvalue weighted by atomic mass is 16.5. The summed E-state index contributed by atoms with van der Waals surface area (Å²) in [6.45, 7) is 4.09. The van der Waals surface area contributed by atoms with E-state index in [0.29, 0.717) is 11.4 Å². The van der Waals surface area contributed by atoms with E-state index in [2.05, 4.69) is 9.97 Å². The van der Waals surface area contributed by atoms with Crippen molar-refractivity contribution in [2.45, 2.75) is 26.3 Å². The number of aryl methyl sites for hydroxylation is 1. The van der Waals surface area contributed by atoms with Crippen LogP contribution in [0.3, 0.4) is 0 Å². The van der Waals surface area contributed by atoms with Gasteiger partial charge in [-0.25, -0.2) is 4.98 Å². The molecule has 3 rings (SSSR count). The smallest absolute Gasteiger partial charge is 0.253 e. The Morgan fingerprint density at radius 2 is 1.79 bits per heavy atom. The number of rotatable bonds is 6. The average Bonchev–Trinajstić information content (AvgIpc) is 2.74. The van der Waals surface area contributed by atoms with Crippen molar-refractivity contribution in [3.05, 3.63) is 77.7 Å². The van der Waals surface area contributed by atoms with E-state index in [9.17, 15) is 4.79 Å². The molecule has 28 heavy (non-hydrogen) atoms. The number of methoxy groups -OCH3 is 1. The Morgan fingerprint density at radius 3 is 2.39 bits per heavy atom. The first kappa shape index (κ1) is 19.5.